The Kier molecular flexibility index (Phi) is 12.9. The normalized spacial score (nSPS) is 15.2. The molecule has 3 aromatic carbocycles. The second kappa shape index (κ2) is 16.8. The quantitative estimate of drug-likeness (QED) is 0.112. The molecule has 3 nitrogen and oxygen atoms in total. The van der Waals surface area contributed by atoms with Gasteiger partial charge in [0, 0.05) is 12.6 Å². The van der Waals surface area contributed by atoms with Gasteiger partial charge in [-0.15, -0.1) is 0 Å². The predicted octanol–water partition coefficient (Wildman–Crippen LogP) is 9.26. The fraction of sp³-hybridized carbons (Fsp3) is 0.487. The minimum Gasteiger partial charge on any atom is -0.396 e. The number of benzene rings is 3. The third kappa shape index (κ3) is 7.43. The van der Waals surface area contributed by atoms with Crippen LogP contribution in [0.2, 0.25) is 0 Å². The van der Waals surface area contributed by atoms with Gasteiger partial charge in [0.05, 0.1) is 11.6 Å². The summed E-state index contributed by atoms with van der Waals surface area (Å²) in [5.41, 5.74) is 5.50. The highest BCUT2D eigenvalue weighted by molar-refractivity contribution is 5.83. The van der Waals surface area contributed by atoms with Gasteiger partial charge in [0.25, 0.3) is 0 Å². The highest BCUT2D eigenvalue weighted by Gasteiger charge is 2.50. The molecule has 0 aliphatic heterocycles. The van der Waals surface area contributed by atoms with E-state index in [0.717, 1.165) is 12.8 Å². The van der Waals surface area contributed by atoms with Crippen LogP contribution in [0.3, 0.4) is 0 Å². The van der Waals surface area contributed by atoms with Gasteiger partial charge in [-0.1, -0.05) is 162 Å². The zero-order chi connectivity index (χ0) is 29.6. The molecule has 0 unspecified atom stereocenters. The van der Waals surface area contributed by atoms with Crippen molar-refractivity contribution in [1.82, 2.24) is 4.90 Å². The van der Waals surface area contributed by atoms with E-state index >= 15 is 0 Å². The van der Waals surface area contributed by atoms with Crippen molar-refractivity contribution in [2.24, 2.45) is 0 Å². The summed E-state index contributed by atoms with van der Waals surface area (Å²) in [6.45, 7) is 2.30. The van der Waals surface area contributed by atoms with Crippen LogP contribution in [-0.4, -0.2) is 40.9 Å². The largest absolute Gasteiger partial charge is 0.396 e. The highest BCUT2D eigenvalue weighted by atomic mass is 16.3. The molecule has 0 saturated carbocycles. The molecule has 226 valence electrons. The van der Waals surface area contributed by atoms with E-state index in [1.165, 1.54) is 92.0 Å². The maximum absolute atomic E-state index is 11.6. The summed E-state index contributed by atoms with van der Waals surface area (Å²) in [4.78, 5) is 2.32. The molecule has 0 spiro atoms. The van der Waals surface area contributed by atoms with Crippen molar-refractivity contribution in [3.05, 3.63) is 108 Å². The first kappa shape index (κ1) is 32.2. The van der Waals surface area contributed by atoms with Crippen LogP contribution >= 0.6 is 0 Å². The fourth-order valence-corrected chi connectivity index (χ4v) is 7.05. The Morgan fingerprint density at radius 1 is 0.690 bits per heavy atom. The molecule has 0 amide bonds. The molecule has 42 heavy (non-hydrogen) atoms. The molecule has 0 heterocycles. The zero-order valence-electron chi connectivity index (χ0n) is 26.1. The van der Waals surface area contributed by atoms with Gasteiger partial charge >= 0.3 is 0 Å². The van der Waals surface area contributed by atoms with Crippen molar-refractivity contribution in [3.8, 4) is 11.1 Å². The van der Waals surface area contributed by atoms with Crippen molar-refractivity contribution < 1.29 is 10.2 Å². The lowest BCUT2D eigenvalue weighted by molar-refractivity contribution is 0.0352. The first-order valence-electron chi connectivity index (χ1n) is 16.6. The van der Waals surface area contributed by atoms with Crippen molar-refractivity contribution in [1.29, 1.82) is 0 Å². The molecule has 1 aliphatic rings. The minimum absolute atomic E-state index is 0.0205. The number of aliphatic hydroxyl groups is 2. The van der Waals surface area contributed by atoms with E-state index in [4.69, 9.17) is 0 Å². The average Bonchev–Trinajstić information content (AvgIpc) is 3.33. The molecule has 3 heteroatoms. The molecule has 0 saturated heterocycles. The molecule has 0 radical (unpaired) electrons. The summed E-state index contributed by atoms with van der Waals surface area (Å²) in [6, 6.07) is 27.7. The van der Waals surface area contributed by atoms with E-state index in [0.29, 0.717) is 6.42 Å². The Morgan fingerprint density at radius 2 is 1.19 bits per heavy atom. The number of nitrogens with zero attached hydrogens (tertiary/aromatic N) is 1. The molecule has 2 N–H and O–H groups in total. The standard InChI is InChI=1S/C39H53NO2/c1-3-4-5-6-7-8-9-10-11-12-13-14-18-29-38(42)37(30-31-41)40(2)39(32-23-16-15-17-24-32)35-27-21-19-25-33(35)34-26-20-22-28-36(34)39/h15-29,37-38,41-42H,3-14,30-31H2,1-2H3/b29-18+/t37-,38+/m0/s1. The Bertz CT molecular complexity index is 1170. The van der Waals surface area contributed by atoms with E-state index in [1.54, 1.807) is 0 Å². The van der Waals surface area contributed by atoms with Crippen LogP contribution < -0.4 is 0 Å². The average molecular weight is 568 g/mol. The monoisotopic (exact) mass is 567 g/mol. The number of hydrogen-bond acceptors (Lipinski definition) is 3. The minimum atomic E-state index is -0.685. The number of hydrogen-bond donors (Lipinski definition) is 2. The third-order valence-corrected chi connectivity index (χ3v) is 9.27. The molecule has 1 aliphatic carbocycles. The van der Waals surface area contributed by atoms with Crippen LogP contribution in [0.1, 0.15) is 107 Å². The van der Waals surface area contributed by atoms with Crippen molar-refractivity contribution in [3.63, 3.8) is 0 Å². The van der Waals surface area contributed by atoms with Crippen LogP contribution in [0.15, 0.2) is 91.0 Å². The summed E-state index contributed by atoms with van der Waals surface area (Å²) in [5.74, 6) is 0. The maximum atomic E-state index is 11.6. The SMILES string of the molecule is CCCCCCCCCCCCC/C=C/[C@@H](O)[C@H](CCO)N(C)C1(c2ccccc2)c2ccccc2-c2ccccc21. The van der Waals surface area contributed by atoms with Crippen molar-refractivity contribution >= 4 is 0 Å². The lowest BCUT2D eigenvalue weighted by Crippen LogP contribution is -2.53. The number of likely N-dealkylation sites (N-methyl/N-ethyl adjacent to an activating group) is 1. The predicted molar refractivity (Wildman–Crippen MR) is 178 cm³/mol. The second-order valence-corrected chi connectivity index (χ2v) is 12.1. The van der Waals surface area contributed by atoms with E-state index in [-0.39, 0.29) is 12.6 Å². The summed E-state index contributed by atoms with van der Waals surface area (Å²) in [7, 11) is 2.12. The first-order chi connectivity index (χ1) is 20.7. The lowest BCUT2D eigenvalue weighted by atomic mass is 9.77. The van der Waals surface area contributed by atoms with Gasteiger partial charge in [0.15, 0.2) is 0 Å². The number of allylic oxidation sites excluding steroid dienone is 1. The Morgan fingerprint density at radius 3 is 1.74 bits per heavy atom. The van der Waals surface area contributed by atoms with Crippen LogP contribution in [0.25, 0.3) is 11.1 Å². The Balaban J connectivity index is 1.43. The maximum Gasteiger partial charge on any atom is 0.0985 e. The van der Waals surface area contributed by atoms with Crippen molar-refractivity contribution in [2.45, 2.75) is 108 Å². The molecule has 4 rings (SSSR count). The Labute approximate surface area is 255 Å². The number of unbranched alkanes of at least 4 members (excludes halogenated alkanes) is 11. The van der Waals surface area contributed by atoms with Gasteiger partial charge in [-0.2, -0.15) is 0 Å². The van der Waals surface area contributed by atoms with Gasteiger partial charge in [0.1, 0.15) is 0 Å². The van der Waals surface area contributed by atoms with E-state index in [1.807, 2.05) is 6.08 Å². The number of rotatable bonds is 19. The number of aliphatic hydroxyl groups excluding tert-OH is 2. The zero-order valence-corrected chi connectivity index (χ0v) is 26.1. The molecule has 0 fully saturated rings. The lowest BCUT2D eigenvalue weighted by Gasteiger charge is -2.46. The second-order valence-electron chi connectivity index (χ2n) is 12.1. The number of fused-ring (bicyclic) bond motifs is 3. The van der Waals surface area contributed by atoms with E-state index in [2.05, 4.69) is 104 Å². The molecular formula is C39H53NO2. The third-order valence-electron chi connectivity index (χ3n) is 9.27. The van der Waals surface area contributed by atoms with Crippen LogP contribution in [0.4, 0.5) is 0 Å². The van der Waals surface area contributed by atoms with E-state index < -0.39 is 11.6 Å². The molecule has 3 aromatic rings. The van der Waals surface area contributed by atoms with E-state index in [9.17, 15) is 10.2 Å². The van der Waals surface area contributed by atoms with Gasteiger partial charge in [0.2, 0.25) is 0 Å². The fourth-order valence-electron chi connectivity index (χ4n) is 7.05. The van der Waals surface area contributed by atoms with Gasteiger partial charge in [-0.05, 0) is 54.1 Å². The molecule has 0 bridgehead atoms. The summed E-state index contributed by atoms with van der Waals surface area (Å²) < 4.78 is 0. The summed E-state index contributed by atoms with van der Waals surface area (Å²) in [6.07, 6.45) is 19.6. The van der Waals surface area contributed by atoms with Crippen LogP contribution in [0, 0.1) is 0 Å². The topological polar surface area (TPSA) is 43.7 Å². The smallest absolute Gasteiger partial charge is 0.0985 e. The van der Waals surface area contributed by atoms with Crippen LogP contribution in [-0.2, 0) is 5.54 Å². The Hall–Kier alpha value is -2.72. The van der Waals surface area contributed by atoms with Crippen LogP contribution in [0.5, 0.6) is 0 Å². The van der Waals surface area contributed by atoms with Crippen molar-refractivity contribution in [2.75, 3.05) is 13.7 Å². The summed E-state index contributed by atoms with van der Waals surface area (Å²) >= 11 is 0. The molecular weight excluding hydrogens is 514 g/mol. The summed E-state index contributed by atoms with van der Waals surface area (Å²) in [5, 5.41) is 21.7. The highest BCUT2D eigenvalue weighted by Crippen LogP contribution is 2.54. The molecule has 0 aromatic heterocycles. The first-order valence-corrected chi connectivity index (χ1v) is 16.6. The molecule has 2 atom stereocenters. The van der Waals surface area contributed by atoms with Gasteiger partial charge in [-0.3, -0.25) is 4.90 Å². The van der Waals surface area contributed by atoms with Gasteiger partial charge in [-0.25, -0.2) is 0 Å². The van der Waals surface area contributed by atoms with Gasteiger partial charge < -0.3 is 10.2 Å².